The number of carboxylic acid groups (broad SMARTS) is 1. The third-order valence-electron chi connectivity index (χ3n) is 3.54. The first-order chi connectivity index (χ1) is 10.5. The maximum atomic E-state index is 10.8. The molecule has 0 saturated heterocycles. The van der Waals surface area contributed by atoms with E-state index in [9.17, 15) is 4.79 Å². The van der Waals surface area contributed by atoms with Crippen molar-refractivity contribution >= 4 is 17.7 Å². The first kappa shape index (κ1) is 16.5. The Balaban J connectivity index is 2.35. The highest BCUT2D eigenvalue weighted by atomic mass is 32.2. The van der Waals surface area contributed by atoms with Crippen LogP contribution in [-0.4, -0.2) is 31.6 Å². The molecule has 0 bridgehead atoms. The van der Waals surface area contributed by atoms with Crippen LogP contribution >= 0.6 is 11.8 Å². The Morgan fingerprint density at radius 3 is 2.59 bits per heavy atom. The summed E-state index contributed by atoms with van der Waals surface area (Å²) >= 11 is 1.22. The number of nitrogens with zero attached hydrogens (tertiary/aromatic N) is 3. The Kier molecular flexibility index (Phi) is 5.60. The minimum Gasteiger partial charge on any atom is -0.481 e. The average molecular weight is 319 g/mol. The quantitative estimate of drug-likeness (QED) is 0.791. The van der Waals surface area contributed by atoms with Crippen molar-refractivity contribution in [2.45, 2.75) is 38.9 Å². The van der Waals surface area contributed by atoms with E-state index in [-0.39, 0.29) is 5.75 Å². The standard InChI is InChI=1S/C16H21N3O2S/c1-4-11(2)9-19-15(13-7-5-12(3)6-8-13)17-18-16(19)22-10-14(20)21/h5-8,11H,4,9-10H2,1-3H3,(H,20,21). The van der Waals surface area contributed by atoms with Gasteiger partial charge in [0.25, 0.3) is 0 Å². The van der Waals surface area contributed by atoms with Crippen molar-refractivity contribution in [2.75, 3.05) is 5.75 Å². The average Bonchev–Trinajstić information content (AvgIpc) is 2.88. The molecule has 0 spiro atoms. The second-order valence-corrected chi connectivity index (χ2v) is 6.42. The van der Waals surface area contributed by atoms with E-state index >= 15 is 0 Å². The molecule has 0 fully saturated rings. The maximum Gasteiger partial charge on any atom is 0.313 e. The van der Waals surface area contributed by atoms with E-state index in [1.165, 1.54) is 17.3 Å². The fraction of sp³-hybridized carbons (Fsp3) is 0.438. The molecule has 1 N–H and O–H groups in total. The van der Waals surface area contributed by atoms with Gasteiger partial charge in [0.2, 0.25) is 0 Å². The van der Waals surface area contributed by atoms with Crippen LogP contribution in [0.15, 0.2) is 29.4 Å². The first-order valence-corrected chi connectivity index (χ1v) is 8.34. The van der Waals surface area contributed by atoms with Crippen LogP contribution in [0, 0.1) is 12.8 Å². The number of carbonyl (C=O) groups is 1. The summed E-state index contributed by atoms with van der Waals surface area (Å²) in [5.74, 6) is 0.421. The van der Waals surface area contributed by atoms with E-state index in [4.69, 9.17) is 5.11 Å². The summed E-state index contributed by atoms with van der Waals surface area (Å²) in [5, 5.41) is 18.0. The largest absolute Gasteiger partial charge is 0.481 e. The topological polar surface area (TPSA) is 68.0 Å². The van der Waals surface area contributed by atoms with Crippen molar-refractivity contribution in [1.82, 2.24) is 14.8 Å². The molecular weight excluding hydrogens is 298 g/mol. The van der Waals surface area contributed by atoms with Crippen molar-refractivity contribution < 1.29 is 9.90 Å². The Bertz CT molecular complexity index is 637. The second-order valence-electron chi connectivity index (χ2n) is 5.48. The SMILES string of the molecule is CCC(C)Cn1c(SCC(=O)O)nnc1-c1ccc(C)cc1. The van der Waals surface area contributed by atoms with Gasteiger partial charge in [-0.2, -0.15) is 0 Å². The predicted molar refractivity (Wildman–Crippen MR) is 88.0 cm³/mol. The molecule has 0 aliphatic carbocycles. The van der Waals surface area contributed by atoms with Crippen LogP contribution < -0.4 is 0 Å². The van der Waals surface area contributed by atoms with Gasteiger partial charge in [-0.3, -0.25) is 4.79 Å². The molecule has 2 rings (SSSR count). The zero-order chi connectivity index (χ0) is 16.1. The van der Waals surface area contributed by atoms with Crippen LogP contribution in [0.2, 0.25) is 0 Å². The van der Waals surface area contributed by atoms with Crippen LogP contribution in [0.25, 0.3) is 11.4 Å². The van der Waals surface area contributed by atoms with Crippen molar-refractivity contribution in [2.24, 2.45) is 5.92 Å². The number of aliphatic carboxylic acids is 1. The van der Waals surface area contributed by atoms with Gasteiger partial charge in [-0.05, 0) is 12.8 Å². The predicted octanol–water partition coefficient (Wildman–Crippen LogP) is 3.48. The summed E-state index contributed by atoms with van der Waals surface area (Å²) < 4.78 is 2.03. The van der Waals surface area contributed by atoms with E-state index in [1.54, 1.807) is 0 Å². The number of thioether (sulfide) groups is 1. The normalized spacial score (nSPS) is 12.3. The fourth-order valence-corrected chi connectivity index (χ4v) is 2.71. The fourth-order valence-electron chi connectivity index (χ4n) is 2.04. The van der Waals surface area contributed by atoms with Crippen LogP contribution in [-0.2, 0) is 11.3 Å². The van der Waals surface area contributed by atoms with Gasteiger partial charge < -0.3 is 9.67 Å². The molecule has 0 aliphatic rings. The molecule has 2 aromatic rings. The summed E-state index contributed by atoms with van der Waals surface area (Å²) in [5.41, 5.74) is 2.20. The minimum atomic E-state index is -0.847. The van der Waals surface area contributed by atoms with E-state index in [0.717, 1.165) is 24.4 Å². The van der Waals surface area contributed by atoms with E-state index < -0.39 is 5.97 Å². The number of aryl methyl sites for hydroxylation is 1. The summed E-state index contributed by atoms with van der Waals surface area (Å²) in [7, 11) is 0. The van der Waals surface area contributed by atoms with E-state index in [2.05, 4.69) is 24.0 Å². The Hall–Kier alpha value is -1.82. The molecule has 1 atom stereocenters. The lowest BCUT2D eigenvalue weighted by Gasteiger charge is -2.14. The lowest BCUT2D eigenvalue weighted by atomic mass is 10.1. The number of rotatable bonds is 7. The minimum absolute atomic E-state index is 0.00740. The molecule has 1 unspecified atom stereocenters. The van der Waals surface area contributed by atoms with Gasteiger partial charge in [-0.25, -0.2) is 0 Å². The van der Waals surface area contributed by atoms with Gasteiger partial charge in [0.15, 0.2) is 11.0 Å². The second kappa shape index (κ2) is 7.45. The summed E-state index contributed by atoms with van der Waals surface area (Å²) in [4.78, 5) is 10.8. The Morgan fingerprint density at radius 2 is 2.00 bits per heavy atom. The summed E-state index contributed by atoms with van der Waals surface area (Å²) in [6.07, 6.45) is 1.05. The summed E-state index contributed by atoms with van der Waals surface area (Å²) in [6.45, 7) is 7.14. The van der Waals surface area contributed by atoms with Crippen LogP contribution in [0.5, 0.6) is 0 Å². The lowest BCUT2D eigenvalue weighted by molar-refractivity contribution is -0.133. The number of benzene rings is 1. The number of hydrogen-bond donors (Lipinski definition) is 1. The van der Waals surface area contributed by atoms with Gasteiger partial charge >= 0.3 is 5.97 Å². The van der Waals surface area contributed by atoms with E-state index in [1.807, 2.05) is 35.8 Å². The van der Waals surface area contributed by atoms with Gasteiger partial charge in [0.1, 0.15) is 0 Å². The van der Waals surface area contributed by atoms with E-state index in [0.29, 0.717) is 11.1 Å². The Labute approximate surface area is 134 Å². The molecule has 5 nitrogen and oxygen atoms in total. The third-order valence-corrected chi connectivity index (χ3v) is 4.49. The molecule has 1 heterocycles. The van der Waals surface area contributed by atoms with Crippen LogP contribution in [0.1, 0.15) is 25.8 Å². The number of aromatic nitrogens is 3. The molecule has 0 amide bonds. The smallest absolute Gasteiger partial charge is 0.313 e. The number of carboxylic acids is 1. The lowest BCUT2D eigenvalue weighted by Crippen LogP contribution is -2.10. The molecule has 0 radical (unpaired) electrons. The van der Waals surface area contributed by atoms with Crippen molar-refractivity contribution in [3.8, 4) is 11.4 Å². The highest BCUT2D eigenvalue weighted by molar-refractivity contribution is 7.99. The molecular formula is C16H21N3O2S. The monoisotopic (exact) mass is 319 g/mol. The van der Waals surface area contributed by atoms with Gasteiger partial charge in [-0.15, -0.1) is 10.2 Å². The van der Waals surface area contributed by atoms with Gasteiger partial charge in [0, 0.05) is 12.1 Å². The summed E-state index contributed by atoms with van der Waals surface area (Å²) in [6, 6.07) is 8.14. The highest BCUT2D eigenvalue weighted by Gasteiger charge is 2.17. The first-order valence-electron chi connectivity index (χ1n) is 7.36. The molecule has 0 saturated carbocycles. The molecule has 1 aromatic carbocycles. The zero-order valence-corrected chi connectivity index (χ0v) is 13.9. The van der Waals surface area contributed by atoms with Gasteiger partial charge in [0.05, 0.1) is 5.75 Å². The number of hydrogen-bond acceptors (Lipinski definition) is 4. The highest BCUT2D eigenvalue weighted by Crippen LogP contribution is 2.25. The van der Waals surface area contributed by atoms with Crippen molar-refractivity contribution in [3.63, 3.8) is 0 Å². The zero-order valence-electron chi connectivity index (χ0n) is 13.1. The Morgan fingerprint density at radius 1 is 1.32 bits per heavy atom. The third kappa shape index (κ3) is 4.10. The molecule has 6 heteroatoms. The molecule has 118 valence electrons. The maximum absolute atomic E-state index is 10.8. The molecule has 0 aliphatic heterocycles. The van der Waals surface area contributed by atoms with Crippen molar-refractivity contribution in [3.05, 3.63) is 29.8 Å². The van der Waals surface area contributed by atoms with Gasteiger partial charge in [-0.1, -0.05) is 61.9 Å². The van der Waals surface area contributed by atoms with Crippen molar-refractivity contribution in [1.29, 1.82) is 0 Å². The van der Waals surface area contributed by atoms with Crippen LogP contribution in [0.4, 0.5) is 0 Å². The molecule has 1 aromatic heterocycles. The van der Waals surface area contributed by atoms with Crippen LogP contribution in [0.3, 0.4) is 0 Å². The molecule has 22 heavy (non-hydrogen) atoms.